The van der Waals surface area contributed by atoms with Crippen LogP contribution in [0.2, 0.25) is 0 Å². The Morgan fingerprint density at radius 2 is 2.29 bits per heavy atom. The average Bonchev–Trinajstić information content (AvgIpc) is 2.59. The van der Waals surface area contributed by atoms with Crippen LogP contribution in [-0.4, -0.2) is 19.8 Å². The smallest absolute Gasteiger partial charge is 0.404 e. The highest BCUT2D eigenvalue weighted by Gasteiger charge is 2.18. The van der Waals surface area contributed by atoms with E-state index in [1.807, 2.05) is 0 Å². The van der Waals surface area contributed by atoms with Gasteiger partial charge in [-0.25, -0.2) is 0 Å². The number of benzene rings is 1. The minimum Gasteiger partial charge on any atom is -0.508 e. The van der Waals surface area contributed by atoms with Crippen molar-refractivity contribution in [1.29, 1.82) is 0 Å². The molecule has 1 N–H and O–H groups in total. The zero-order valence-electron chi connectivity index (χ0n) is 8.58. The second-order valence-corrected chi connectivity index (χ2v) is 4.28. The third-order valence-electron chi connectivity index (χ3n) is 2.13. The van der Waals surface area contributed by atoms with Crippen LogP contribution in [-0.2, 0) is 6.54 Å². The van der Waals surface area contributed by atoms with E-state index >= 15 is 0 Å². The minimum absolute atomic E-state index is 0.156. The summed E-state index contributed by atoms with van der Waals surface area (Å²) in [6, 6.07) is 6.66. The van der Waals surface area contributed by atoms with E-state index in [4.69, 9.17) is 0 Å². The summed E-state index contributed by atoms with van der Waals surface area (Å²) in [5.41, 5.74) is 0.815. The molecule has 2 aromatic rings. The number of hydrogen-bond donors (Lipinski definition) is 1. The quantitative estimate of drug-likeness (QED) is 0.696. The molecular weight excluding hydrogens is 290 g/mol. The lowest BCUT2D eigenvalue weighted by Gasteiger charge is -1.98. The summed E-state index contributed by atoms with van der Waals surface area (Å²) < 4.78 is 1.78. The lowest BCUT2D eigenvalue weighted by molar-refractivity contribution is -0.390. The van der Waals surface area contributed by atoms with E-state index in [9.17, 15) is 15.2 Å². The molecule has 0 bridgehead atoms. The first-order valence-corrected chi connectivity index (χ1v) is 5.51. The van der Waals surface area contributed by atoms with Gasteiger partial charge in [0.1, 0.15) is 10.2 Å². The van der Waals surface area contributed by atoms with Crippen molar-refractivity contribution in [2.24, 2.45) is 0 Å². The predicted octanol–water partition coefficient (Wildman–Crippen LogP) is 2.31. The summed E-state index contributed by atoms with van der Waals surface area (Å²) in [6.07, 6.45) is 1.53. The number of nitrogens with zero attached hydrogens (tertiary/aromatic N) is 3. The monoisotopic (exact) mass is 297 g/mol. The van der Waals surface area contributed by atoms with Crippen LogP contribution in [0, 0.1) is 10.1 Å². The van der Waals surface area contributed by atoms with Crippen molar-refractivity contribution in [3.05, 3.63) is 50.6 Å². The Bertz CT molecular complexity index is 568. The van der Waals surface area contributed by atoms with Gasteiger partial charge in [-0.15, -0.1) is 0 Å². The fourth-order valence-electron chi connectivity index (χ4n) is 1.43. The molecule has 0 radical (unpaired) electrons. The van der Waals surface area contributed by atoms with Crippen LogP contribution in [0.4, 0.5) is 5.82 Å². The third kappa shape index (κ3) is 2.62. The van der Waals surface area contributed by atoms with Gasteiger partial charge in [0.15, 0.2) is 0 Å². The zero-order chi connectivity index (χ0) is 12.4. The van der Waals surface area contributed by atoms with E-state index in [-0.39, 0.29) is 11.6 Å². The Morgan fingerprint density at radius 1 is 1.53 bits per heavy atom. The van der Waals surface area contributed by atoms with Gasteiger partial charge in [-0.2, -0.15) is 4.68 Å². The van der Waals surface area contributed by atoms with E-state index in [0.717, 1.165) is 5.56 Å². The number of aromatic hydroxyl groups is 1. The van der Waals surface area contributed by atoms with Crippen LogP contribution in [0.5, 0.6) is 5.75 Å². The van der Waals surface area contributed by atoms with E-state index in [1.165, 1.54) is 10.9 Å². The van der Waals surface area contributed by atoms with E-state index in [1.54, 1.807) is 24.3 Å². The molecule has 0 amide bonds. The van der Waals surface area contributed by atoms with Crippen LogP contribution in [0.15, 0.2) is 34.9 Å². The van der Waals surface area contributed by atoms with Gasteiger partial charge in [0.2, 0.25) is 0 Å². The Balaban J connectivity index is 2.25. The first kappa shape index (κ1) is 11.6. The fourth-order valence-corrected chi connectivity index (χ4v) is 1.89. The van der Waals surface area contributed by atoms with Crippen LogP contribution < -0.4 is 0 Å². The second-order valence-electron chi connectivity index (χ2n) is 3.43. The molecule has 0 fully saturated rings. The molecule has 7 heteroatoms. The van der Waals surface area contributed by atoms with Crippen molar-refractivity contribution in [2.45, 2.75) is 6.54 Å². The average molecular weight is 298 g/mol. The van der Waals surface area contributed by atoms with Gasteiger partial charge in [-0.1, -0.05) is 12.1 Å². The summed E-state index contributed by atoms with van der Waals surface area (Å²) in [5.74, 6) is -0.0617. The SMILES string of the molecule is O=[N+]([O-])c1nn(Cc2cccc(O)c2)cc1Br. The number of rotatable bonds is 3. The molecule has 0 saturated carbocycles. The second kappa shape index (κ2) is 4.54. The van der Waals surface area contributed by atoms with Crippen molar-refractivity contribution in [3.8, 4) is 5.75 Å². The number of phenolic OH excluding ortho intramolecular Hbond substituents is 1. The van der Waals surface area contributed by atoms with Crippen LogP contribution in [0.1, 0.15) is 5.56 Å². The largest absolute Gasteiger partial charge is 0.508 e. The van der Waals surface area contributed by atoms with Gasteiger partial charge in [-0.05, 0) is 38.5 Å². The summed E-state index contributed by atoms with van der Waals surface area (Å²) >= 11 is 3.07. The molecule has 1 aromatic heterocycles. The zero-order valence-corrected chi connectivity index (χ0v) is 10.2. The maximum absolute atomic E-state index is 10.6. The van der Waals surface area contributed by atoms with E-state index in [0.29, 0.717) is 11.0 Å². The molecule has 0 aliphatic carbocycles. The standard InChI is InChI=1S/C10H8BrN3O3/c11-9-6-13(12-10(9)14(16)17)5-7-2-1-3-8(15)4-7/h1-4,6,15H,5H2. The number of halogens is 1. The molecule has 1 heterocycles. The Kier molecular flexibility index (Phi) is 3.10. The summed E-state index contributed by atoms with van der Waals surface area (Å²) in [5, 5.41) is 23.7. The van der Waals surface area contributed by atoms with E-state index < -0.39 is 4.92 Å². The molecule has 0 aliphatic heterocycles. The number of phenols is 1. The van der Waals surface area contributed by atoms with Gasteiger partial charge in [-0.3, -0.25) is 0 Å². The molecule has 0 unspecified atom stereocenters. The maximum atomic E-state index is 10.6. The van der Waals surface area contributed by atoms with Gasteiger partial charge in [0.25, 0.3) is 0 Å². The lowest BCUT2D eigenvalue weighted by atomic mass is 10.2. The first-order chi connectivity index (χ1) is 8.06. The first-order valence-electron chi connectivity index (χ1n) is 4.71. The van der Waals surface area contributed by atoms with Gasteiger partial charge in [0.05, 0.1) is 17.8 Å². The highest BCUT2D eigenvalue weighted by molar-refractivity contribution is 9.10. The lowest BCUT2D eigenvalue weighted by Crippen LogP contribution is -2.01. The van der Waals surface area contributed by atoms with Crippen molar-refractivity contribution >= 4 is 21.7 Å². The number of nitro groups is 1. The predicted molar refractivity (Wildman–Crippen MR) is 63.8 cm³/mol. The number of aromatic nitrogens is 2. The Labute approximate surface area is 105 Å². The number of hydrogen-bond acceptors (Lipinski definition) is 4. The summed E-state index contributed by atoms with van der Waals surface area (Å²) in [6.45, 7) is 0.362. The van der Waals surface area contributed by atoms with Crippen LogP contribution >= 0.6 is 15.9 Å². The molecule has 1 aromatic carbocycles. The summed E-state index contributed by atoms with van der Waals surface area (Å²) in [7, 11) is 0. The molecule has 6 nitrogen and oxygen atoms in total. The normalized spacial score (nSPS) is 10.4. The van der Waals surface area contributed by atoms with Gasteiger partial charge in [0, 0.05) is 0 Å². The molecule has 2 rings (SSSR count). The van der Waals surface area contributed by atoms with Crippen molar-refractivity contribution in [2.75, 3.05) is 0 Å². The molecular formula is C10H8BrN3O3. The molecule has 0 aliphatic rings. The minimum atomic E-state index is -0.553. The topological polar surface area (TPSA) is 81.2 Å². The third-order valence-corrected chi connectivity index (χ3v) is 2.69. The molecule has 17 heavy (non-hydrogen) atoms. The molecule has 0 saturated heterocycles. The Morgan fingerprint density at radius 3 is 2.88 bits per heavy atom. The molecule has 0 atom stereocenters. The van der Waals surface area contributed by atoms with Crippen molar-refractivity contribution < 1.29 is 10.0 Å². The maximum Gasteiger partial charge on any atom is 0.404 e. The Hall–Kier alpha value is -1.89. The van der Waals surface area contributed by atoms with Crippen LogP contribution in [0.25, 0.3) is 0 Å². The van der Waals surface area contributed by atoms with Crippen LogP contribution in [0.3, 0.4) is 0 Å². The summed E-state index contributed by atoms with van der Waals surface area (Å²) in [4.78, 5) is 10.0. The molecule has 88 valence electrons. The van der Waals surface area contributed by atoms with Gasteiger partial charge < -0.3 is 15.2 Å². The van der Waals surface area contributed by atoms with Gasteiger partial charge >= 0.3 is 5.82 Å². The van der Waals surface area contributed by atoms with Crippen molar-refractivity contribution in [3.63, 3.8) is 0 Å². The molecule has 0 spiro atoms. The highest BCUT2D eigenvalue weighted by atomic mass is 79.9. The van der Waals surface area contributed by atoms with Crippen molar-refractivity contribution in [1.82, 2.24) is 9.78 Å². The highest BCUT2D eigenvalue weighted by Crippen LogP contribution is 2.22. The fraction of sp³-hybridized carbons (Fsp3) is 0.100. The van der Waals surface area contributed by atoms with E-state index in [2.05, 4.69) is 21.0 Å².